The molecule has 2 rings (SSSR count). The van der Waals surface area contributed by atoms with Crippen molar-refractivity contribution in [3.8, 4) is 11.1 Å². The van der Waals surface area contributed by atoms with E-state index in [1.807, 2.05) is 0 Å². The lowest BCUT2D eigenvalue weighted by Crippen LogP contribution is -2.05. The van der Waals surface area contributed by atoms with Gasteiger partial charge in [0.25, 0.3) is 0 Å². The van der Waals surface area contributed by atoms with Crippen molar-refractivity contribution in [2.75, 3.05) is 0 Å². The molecule has 0 saturated heterocycles. The first kappa shape index (κ1) is 13.1. The smallest absolute Gasteiger partial charge is 0.309 e. The van der Waals surface area contributed by atoms with Crippen LogP contribution >= 0.6 is 0 Å². The summed E-state index contributed by atoms with van der Waals surface area (Å²) in [6.07, 6.45) is 0.678. The van der Waals surface area contributed by atoms with E-state index < -0.39 is 29.8 Å². The predicted molar refractivity (Wildman–Crippen MR) is 60.9 cm³/mol. The topological polar surface area (TPSA) is 50.2 Å². The Kier molecular flexibility index (Phi) is 3.50. The number of carboxylic acids is 1. The highest BCUT2D eigenvalue weighted by atomic mass is 19.2. The van der Waals surface area contributed by atoms with Crippen LogP contribution in [0.2, 0.25) is 0 Å². The van der Waals surface area contributed by atoms with Gasteiger partial charge in [0.05, 0.1) is 12.1 Å². The number of aliphatic carboxylic acids is 1. The minimum absolute atomic E-state index is 0.209. The van der Waals surface area contributed by atoms with Crippen molar-refractivity contribution in [1.82, 2.24) is 4.98 Å². The van der Waals surface area contributed by atoms with Crippen molar-refractivity contribution in [3.63, 3.8) is 0 Å². The van der Waals surface area contributed by atoms with Crippen LogP contribution in [-0.2, 0) is 11.2 Å². The summed E-state index contributed by atoms with van der Waals surface area (Å²) in [7, 11) is 0. The van der Waals surface area contributed by atoms with Gasteiger partial charge in [-0.1, -0.05) is 6.07 Å². The highest BCUT2D eigenvalue weighted by molar-refractivity contribution is 5.70. The van der Waals surface area contributed by atoms with Gasteiger partial charge in [-0.15, -0.1) is 0 Å². The fraction of sp³-hybridized carbons (Fsp3) is 0.0769. The molecule has 0 aliphatic heterocycles. The molecule has 0 amide bonds. The summed E-state index contributed by atoms with van der Waals surface area (Å²) in [6, 6.07) is 4.17. The molecule has 1 heterocycles. The fourth-order valence-corrected chi connectivity index (χ4v) is 1.57. The fourth-order valence-electron chi connectivity index (χ4n) is 1.57. The van der Waals surface area contributed by atoms with E-state index in [1.54, 1.807) is 0 Å². The van der Waals surface area contributed by atoms with E-state index in [-0.39, 0.29) is 16.8 Å². The Hall–Kier alpha value is -2.37. The number of benzene rings is 1. The summed E-state index contributed by atoms with van der Waals surface area (Å²) >= 11 is 0. The van der Waals surface area contributed by atoms with Crippen LogP contribution in [0.5, 0.6) is 0 Å². The number of carboxylic acid groups (broad SMARTS) is 1. The summed E-state index contributed by atoms with van der Waals surface area (Å²) in [5.74, 6) is -4.05. The average Bonchev–Trinajstić information content (AvgIpc) is 2.35. The van der Waals surface area contributed by atoms with Gasteiger partial charge >= 0.3 is 5.97 Å². The van der Waals surface area contributed by atoms with Gasteiger partial charge in [0.15, 0.2) is 11.6 Å². The third-order valence-electron chi connectivity index (χ3n) is 2.49. The number of hydrogen-bond donors (Lipinski definition) is 1. The standard InChI is InChI=1S/C13H8F3NO2/c14-9-2-1-7(3-10(9)15)8-4-11(16)12(17-6-8)5-13(18)19/h1-4,6H,5H2,(H,18,19). The Labute approximate surface area is 106 Å². The Morgan fingerprint density at radius 1 is 1.05 bits per heavy atom. The number of hydrogen-bond acceptors (Lipinski definition) is 2. The van der Waals surface area contributed by atoms with Crippen molar-refractivity contribution < 1.29 is 23.1 Å². The van der Waals surface area contributed by atoms with Gasteiger partial charge in [0.2, 0.25) is 0 Å². The Bertz CT molecular complexity index is 644. The summed E-state index contributed by atoms with van der Waals surface area (Å²) < 4.78 is 39.4. The van der Waals surface area contributed by atoms with Crippen LogP contribution in [0.1, 0.15) is 5.69 Å². The van der Waals surface area contributed by atoms with Crippen molar-refractivity contribution >= 4 is 5.97 Å². The number of aromatic nitrogens is 1. The molecule has 0 spiro atoms. The number of rotatable bonds is 3. The normalized spacial score (nSPS) is 10.5. The second-order valence-corrected chi connectivity index (χ2v) is 3.85. The van der Waals surface area contributed by atoms with E-state index in [0.29, 0.717) is 0 Å². The van der Waals surface area contributed by atoms with Crippen LogP contribution in [0.3, 0.4) is 0 Å². The zero-order valence-electron chi connectivity index (χ0n) is 9.53. The lowest BCUT2D eigenvalue weighted by molar-refractivity contribution is -0.136. The first-order valence-corrected chi connectivity index (χ1v) is 5.29. The van der Waals surface area contributed by atoms with Crippen LogP contribution in [0.15, 0.2) is 30.5 Å². The number of pyridine rings is 1. The Morgan fingerprint density at radius 3 is 2.32 bits per heavy atom. The van der Waals surface area contributed by atoms with E-state index in [1.165, 1.54) is 12.3 Å². The lowest BCUT2D eigenvalue weighted by atomic mass is 10.1. The highest BCUT2D eigenvalue weighted by Crippen LogP contribution is 2.22. The molecule has 0 aliphatic rings. The van der Waals surface area contributed by atoms with Gasteiger partial charge in [-0.3, -0.25) is 9.78 Å². The quantitative estimate of drug-likeness (QED) is 0.930. The minimum atomic E-state index is -1.20. The minimum Gasteiger partial charge on any atom is -0.481 e. The van der Waals surface area contributed by atoms with Gasteiger partial charge in [0, 0.05) is 11.8 Å². The molecule has 0 radical (unpaired) electrons. The molecule has 1 aromatic carbocycles. The van der Waals surface area contributed by atoms with Crippen LogP contribution in [0.25, 0.3) is 11.1 Å². The Balaban J connectivity index is 2.38. The largest absolute Gasteiger partial charge is 0.481 e. The van der Waals surface area contributed by atoms with Gasteiger partial charge < -0.3 is 5.11 Å². The van der Waals surface area contributed by atoms with Crippen LogP contribution in [-0.4, -0.2) is 16.1 Å². The van der Waals surface area contributed by atoms with Crippen molar-refractivity contribution in [1.29, 1.82) is 0 Å². The third kappa shape index (κ3) is 2.90. The summed E-state index contributed by atoms with van der Waals surface area (Å²) in [4.78, 5) is 14.1. The molecule has 1 N–H and O–H groups in total. The monoisotopic (exact) mass is 267 g/mol. The zero-order valence-corrected chi connectivity index (χ0v) is 9.53. The molecule has 2 aromatic rings. The molecule has 6 heteroatoms. The van der Waals surface area contributed by atoms with Crippen LogP contribution < -0.4 is 0 Å². The molecule has 0 bridgehead atoms. The van der Waals surface area contributed by atoms with E-state index in [2.05, 4.69) is 4.98 Å². The van der Waals surface area contributed by atoms with Gasteiger partial charge in [0.1, 0.15) is 5.82 Å². The summed E-state index contributed by atoms with van der Waals surface area (Å²) in [6.45, 7) is 0. The summed E-state index contributed by atoms with van der Waals surface area (Å²) in [5, 5.41) is 8.55. The third-order valence-corrected chi connectivity index (χ3v) is 2.49. The number of halogens is 3. The van der Waals surface area contributed by atoms with Crippen molar-refractivity contribution in [3.05, 3.63) is 53.6 Å². The molecule has 98 valence electrons. The van der Waals surface area contributed by atoms with E-state index in [4.69, 9.17) is 5.11 Å². The summed E-state index contributed by atoms with van der Waals surface area (Å²) in [5.41, 5.74) is 0.288. The van der Waals surface area contributed by atoms with Gasteiger partial charge in [-0.05, 0) is 23.8 Å². The van der Waals surface area contributed by atoms with E-state index in [9.17, 15) is 18.0 Å². The van der Waals surface area contributed by atoms with Gasteiger partial charge in [-0.25, -0.2) is 13.2 Å². The SMILES string of the molecule is O=C(O)Cc1ncc(-c2ccc(F)c(F)c2)cc1F. The van der Waals surface area contributed by atoms with Crippen molar-refractivity contribution in [2.45, 2.75) is 6.42 Å². The molecule has 0 saturated carbocycles. The second-order valence-electron chi connectivity index (χ2n) is 3.85. The molecular formula is C13H8F3NO2. The maximum Gasteiger partial charge on any atom is 0.309 e. The second kappa shape index (κ2) is 5.09. The van der Waals surface area contributed by atoms with Gasteiger partial charge in [-0.2, -0.15) is 0 Å². The number of carbonyl (C=O) groups is 1. The van der Waals surface area contributed by atoms with Crippen molar-refractivity contribution in [2.24, 2.45) is 0 Å². The predicted octanol–water partition coefficient (Wildman–Crippen LogP) is 2.79. The molecule has 0 aliphatic carbocycles. The first-order chi connectivity index (χ1) is 8.97. The molecular weight excluding hydrogens is 259 g/mol. The molecule has 1 aromatic heterocycles. The lowest BCUT2D eigenvalue weighted by Gasteiger charge is -2.05. The molecule has 0 fully saturated rings. The van der Waals surface area contributed by atoms with Crippen LogP contribution in [0, 0.1) is 17.5 Å². The van der Waals surface area contributed by atoms with E-state index in [0.717, 1.165) is 18.2 Å². The molecule has 19 heavy (non-hydrogen) atoms. The zero-order chi connectivity index (χ0) is 14.0. The molecule has 0 atom stereocenters. The first-order valence-electron chi connectivity index (χ1n) is 5.29. The number of nitrogens with zero attached hydrogens (tertiary/aromatic N) is 1. The average molecular weight is 267 g/mol. The maximum absolute atomic E-state index is 13.6. The van der Waals surface area contributed by atoms with E-state index >= 15 is 0 Å². The highest BCUT2D eigenvalue weighted by Gasteiger charge is 2.11. The Morgan fingerprint density at radius 2 is 1.74 bits per heavy atom. The molecule has 0 unspecified atom stereocenters. The maximum atomic E-state index is 13.6. The van der Waals surface area contributed by atoms with Crippen LogP contribution in [0.4, 0.5) is 13.2 Å². The molecule has 3 nitrogen and oxygen atoms in total.